The number of phenols is 1. The summed E-state index contributed by atoms with van der Waals surface area (Å²) in [6, 6.07) is 4.28. The van der Waals surface area contributed by atoms with Gasteiger partial charge in [-0.15, -0.1) is 11.3 Å². The molecule has 1 aromatic carbocycles. The molecule has 5 nitrogen and oxygen atoms in total. The van der Waals surface area contributed by atoms with Crippen molar-refractivity contribution in [2.24, 2.45) is 4.99 Å². The molecule has 0 aliphatic heterocycles. The van der Waals surface area contributed by atoms with Gasteiger partial charge in [0.05, 0.1) is 23.8 Å². The molecule has 0 saturated heterocycles. The van der Waals surface area contributed by atoms with Crippen LogP contribution in [0.15, 0.2) is 23.2 Å². The lowest BCUT2D eigenvalue weighted by atomic mass is 10.2. The molecule has 1 heterocycles. The molecule has 0 fully saturated rings. The van der Waals surface area contributed by atoms with Crippen molar-refractivity contribution in [1.82, 2.24) is 15.6 Å². The van der Waals surface area contributed by atoms with Crippen LogP contribution in [0.1, 0.15) is 28.1 Å². The lowest BCUT2D eigenvalue weighted by molar-refractivity contribution is 0.432. The van der Waals surface area contributed by atoms with Gasteiger partial charge in [-0.1, -0.05) is 6.07 Å². The van der Waals surface area contributed by atoms with Crippen LogP contribution >= 0.6 is 11.3 Å². The van der Waals surface area contributed by atoms with Gasteiger partial charge in [0.25, 0.3) is 0 Å². The third-order valence-corrected chi connectivity index (χ3v) is 4.26. The maximum absolute atomic E-state index is 13.3. The number of aromatic hydroxyl groups is 1. The first-order valence-electron chi connectivity index (χ1n) is 7.42. The van der Waals surface area contributed by atoms with Crippen molar-refractivity contribution in [3.63, 3.8) is 0 Å². The number of aliphatic imine (C=N–C) groups is 1. The molecule has 1 aromatic heterocycles. The minimum Gasteiger partial charge on any atom is -0.505 e. The van der Waals surface area contributed by atoms with E-state index in [-0.39, 0.29) is 5.75 Å². The van der Waals surface area contributed by atoms with Crippen LogP contribution in [0.4, 0.5) is 4.39 Å². The Bertz CT molecular complexity index is 699. The number of nitrogens with zero attached hydrogens (tertiary/aromatic N) is 2. The maximum Gasteiger partial charge on any atom is 0.191 e. The van der Waals surface area contributed by atoms with E-state index in [0.717, 1.165) is 17.2 Å². The molecule has 0 radical (unpaired) electrons. The molecule has 3 N–H and O–H groups in total. The highest BCUT2D eigenvalue weighted by molar-refractivity contribution is 7.11. The highest BCUT2D eigenvalue weighted by atomic mass is 32.1. The second kappa shape index (κ2) is 7.92. The molecule has 7 heteroatoms. The minimum absolute atomic E-state index is 0.327. The first-order valence-corrected chi connectivity index (χ1v) is 8.23. The molecule has 0 aliphatic carbocycles. The molecule has 0 unspecified atom stereocenters. The van der Waals surface area contributed by atoms with Crippen molar-refractivity contribution in [1.29, 1.82) is 0 Å². The molecule has 124 valence electrons. The van der Waals surface area contributed by atoms with Gasteiger partial charge in [0, 0.05) is 11.4 Å². The highest BCUT2D eigenvalue weighted by Crippen LogP contribution is 2.17. The number of aryl methyl sites for hydroxylation is 2. The molecule has 0 bridgehead atoms. The normalized spacial score (nSPS) is 11.6. The van der Waals surface area contributed by atoms with Gasteiger partial charge in [0.2, 0.25) is 0 Å². The van der Waals surface area contributed by atoms with Gasteiger partial charge in [-0.05, 0) is 38.5 Å². The van der Waals surface area contributed by atoms with Gasteiger partial charge in [-0.3, -0.25) is 0 Å². The Balaban J connectivity index is 2.01. The average molecular weight is 336 g/mol. The van der Waals surface area contributed by atoms with E-state index in [4.69, 9.17) is 0 Å². The van der Waals surface area contributed by atoms with Crippen LogP contribution in [-0.4, -0.2) is 22.6 Å². The predicted molar refractivity (Wildman–Crippen MR) is 91.3 cm³/mol. The molecule has 2 aromatic rings. The topological polar surface area (TPSA) is 69.5 Å². The summed E-state index contributed by atoms with van der Waals surface area (Å²) in [5.41, 5.74) is 1.72. The highest BCUT2D eigenvalue weighted by Gasteiger charge is 2.06. The predicted octanol–water partition coefficient (Wildman–Crippen LogP) is 2.86. The summed E-state index contributed by atoms with van der Waals surface area (Å²) in [5, 5.41) is 16.7. The van der Waals surface area contributed by atoms with Crippen molar-refractivity contribution >= 4 is 17.3 Å². The van der Waals surface area contributed by atoms with Gasteiger partial charge in [0.15, 0.2) is 17.5 Å². The van der Waals surface area contributed by atoms with Crippen LogP contribution < -0.4 is 10.6 Å². The minimum atomic E-state index is -0.633. The third kappa shape index (κ3) is 4.92. The van der Waals surface area contributed by atoms with Crippen LogP contribution in [0.3, 0.4) is 0 Å². The van der Waals surface area contributed by atoms with Gasteiger partial charge in [-0.2, -0.15) is 0 Å². The van der Waals surface area contributed by atoms with Gasteiger partial charge in [0.1, 0.15) is 0 Å². The number of hydrogen-bond acceptors (Lipinski definition) is 4. The second-order valence-corrected chi connectivity index (χ2v) is 6.36. The second-order valence-electron chi connectivity index (χ2n) is 5.08. The molecular formula is C16H21FN4OS. The lowest BCUT2D eigenvalue weighted by Gasteiger charge is -2.11. The van der Waals surface area contributed by atoms with Gasteiger partial charge in [-0.25, -0.2) is 14.4 Å². The zero-order chi connectivity index (χ0) is 16.8. The Morgan fingerprint density at radius 3 is 2.74 bits per heavy atom. The maximum atomic E-state index is 13.3. The van der Waals surface area contributed by atoms with Crippen LogP contribution in [-0.2, 0) is 13.1 Å². The number of guanidine groups is 1. The van der Waals surface area contributed by atoms with E-state index in [1.807, 2.05) is 20.8 Å². The van der Waals surface area contributed by atoms with Crippen LogP contribution in [0.2, 0.25) is 0 Å². The van der Waals surface area contributed by atoms with E-state index >= 15 is 0 Å². The number of hydrogen-bond donors (Lipinski definition) is 3. The van der Waals surface area contributed by atoms with Crippen molar-refractivity contribution < 1.29 is 9.50 Å². The summed E-state index contributed by atoms with van der Waals surface area (Å²) < 4.78 is 13.3. The molecular weight excluding hydrogens is 315 g/mol. The van der Waals surface area contributed by atoms with Gasteiger partial charge < -0.3 is 15.7 Å². The molecule has 0 spiro atoms. The van der Waals surface area contributed by atoms with Crippen LogP contribution in [0, 0.1) is 19.7 Å². The van der Waals surface area contributed by atoms with E-state index in [2.05, 4.69) is 20.6 Å². The number of halogens is 1. The Kier molecular flexibility index (Phi) is 5.92. The molecule has 2 rings (SSSR count). The third-order valence-electron chi connectivity index (χ3n) is 3.19. The smallest absolute Gasteiger partial charge is 0.191 e. The van der Waals surface area contributed by atoms with Crippen LogP contribution in [0.25, 0.3) is 0 Å². The lowest BCUT2D eigenvalue weighted by Crippen LogP contribution is -2.36. The number of thiazole rings is 1. The Morgan fingerprint density at radius 1 is 1.35 bits per heavy atom. The van der Waals surface area contributed by atoms with Gasteiger partial charge >= 0.3 is 0 Å². The first kappa shape index (κ1) is 17.2. The fourth-order valence-electron chi connectivity index (χ4n) is 2.06. The number of benzene rings is 1. The number of aromatic nitrogens is 1. The van der Waals surface area contributed by atoms with Crippen LogP contribution in [0.5, 0.6) is 5.75 Å². The van der Waals surface area contributed by atoms with Crippen molar-refractivity contribution in [3.05, 3.63) is 45.2 Å². The zero-order valence-corrected chi connectivity index (χ0v) is 14.3. The fourth-order valence-corrected chi connectivity index (χ4v) is 2.94. The van der Waals surface area contributed by atoms with E-state index in [1.165, 1.54) is 17.0 Å². The Labute approximate surface area is 139 Å². The van der Waals surface area contributed by atoms with E-state index in [1.54, 1.807) is 17.4 Å². The largest absolute Gasteiger partial charge is 0.505 e. The molecule has 0 atom stereocenters. The molecule has 23 heavy (non-hydrogen) atoms. The van der Waals surface area contributed by atoms with Crippen molar-refractivity contribution in [2.75, 3.05) is 6.54 Å². The zero-order valence-electron chi connectivity index (χ0n) is 13.5. The molecule has 0 aliphatic rings. The van der Waals surface area contributed by atoms with Crippen molar-refractivity contribution in [3.8, 4) is 5.75 Å². The summed E-state index contributed by atoms with van der Waals surface area (Å²) in [6.45, 7) is 7.67. The SMILES string of the molecule is CCNC(=NCc1ccc(O)c(F)c1)NCc1sc(C)nc1C. The quantitative estimate of drug-likeness (QED) is 0.580. The van der Waals surface area contributed by atoms with E-state index < -0.39 is 5.82 Å². The summed E-state index contributed by atoms with van der Waals surface area (Å²) in [4.78, 5) is 10.0. The summed E-state index contributed by atoms with van der Waals surface area (Å²) in [7, 11) is 0. The summed E-state index contributed by atoms with van der Waals surface area (Å²) in [6.07, 6.45) is 0. The summed E-state index contributed by atoms with van der Waals surface area (Å²) in [5.74, 6) is -0.323. The number of nitrogens with one attached hydrogen (secondary N) is 2. The fraction of sp³-hybridized carbons (Fsp3) is 0.375. The first-order chi connectivity index (χ1) is 11.0. The Hall–Kier alpha value is -2.15. The monoisotopic (exact) mass is 336 g/mol. The van der Waals surface area contributed by atoms with E-state index in [9.17, 15) is 9.50 Å². The molecule has 0 amide bonds. The van der Waals surface area contributed by atoms with E-state index in [0.29, 0.717) is 24.6 Å². The standard InChI is InChI=1S/C16H21FN4OS/c1-4-18-16(20-9-15-10(2)21-11(3)23-15)19-8-12-5-6-14(22)13(17)7-12/h5-7,22H,4,8-9H2,1-3H3,(H2,18,19,20). The van der Waals surface area contributed by atoms with Crippen molar-refractivity contribution in [2.45, 2.75) is 33.9 Å². The number of rotatable bonds is 5. The molecule has 0 saturated carbocycles. The average Bonchev–Trinajstić information content (AvgIpc) is 2.83. The number of phenolic OH excluding ortho intramolecular Hbond substituents is 1. The summed E-state index contributed by atoms with van der Waals surface area (Å²) >= 11 is 1.66. The Morgan fingerprint density at radius 2 is 2.13 bits per heavy atom.